The molecule has 0 amide bonds. The van der Waals surface area contributed by atoms with E-state index in [4.69, 9.17) is 4.98 Å². The number of hydrogen-bond acceptors (Lipinski definition) is 4. The van der Waals surface area contributed by atoms with Gasteiger partial charge in [-0.15, -0.1) is 4.99 Å². The number of para-hydroxylation sites is 1. The van der Waals surface area contributed by atoms with Crippen LogP contribution >= 0.6 is 0 Å². The minimum atomic E-state index is -0.665. The second kappa shape index (κ2) is 5.86. The maximum atomic E-state index is 10.2. The zero-order valence-corrected chi connectivity index (χ0v) is 13.9. The fraction of sp³-hybridized carbons (Fsp3) is 0.100. The van der Waals surface area contributed by atoms with E-state index in [-0.39, 0.29) is 0 Å². The van der Waals surface area contributed by atoms with E-state index in [9.17, 15) is 5.11 Å². The van der Waals surface area contributed by atoms with Gasteiger partial charge in [0.1, 0.15) is 5.82 Å². The van der Waals surface area contributed by atoms with Crippen LogP contribution in [0.4, 0.5) is 5.82 Å². The largest absolute Gasteiger partial charge is 0.361 e. The molecule has 1 N–H and O–H groups in total. The molecule has 0 bridgehead atoms. The summed E-state index contributed by atoms with van der Waals surface area (Å²) in [5.41, 5.74) is 3.36. The topological polar surface area (TPSA) is 67.2 Å². The van der Waals surface area contributed by atoms with E-state index in [1.54, 1.807) is 17.1 Å². The molecule has 5 rings (SSSR count). The monoisotopic (exact) mass is 342 g/mol. The molecule has 0 fully saturated rings. The third-order valence-electron chi connectivity index (χ3n) is 4.51. The molecule has 6 nitrogen and oxygen atoms in total. The maximum Gasteiger partial charge on any atom is 0.295 e. The summed E-state index contributed by atoms with van der Waals surface area (Å²) in [6.07, 6.45) is 3.16. The van der Waals surface area contributed by atoms with E-state index in [1.165, 1.54) is 0 Å². The Labute approximate surface area is 149 Å². The van der Waals surface area contributed by atoms with Crippen molar-refractivity contribution in [1.82, 2.24) is 14.5 Å². The van der Waals surface area contributed by atoms with Gasteiger partial charge in [-0.1, -0.05) is 53.5 Å². The number of nitrogens with zero attached hydrogens (tertiary/aromatic N) is 5. The Morgan fingerprint density at radius 1 is 1.00 bits per heavy atom. The summed E-state index contributed by atoms with van der Waals surface area (Å²) in [4.78, 5) is 13.9. The number of aliphatic hydroxyl groups is 1. The number of imidazole rings is 1. The molecular weight excluding hydrogens is 326 g/mol. The quantitative estimate of drug-likeness (QED) is 0.570. The van der Waals surface area contributed by atoms with Crippen LogP contribution in [-0.2, 0) is 0 Å². The van der Waals surface area contributed by atoms with Crippen LogP contribution in [0.2, 0.25) is 0 Å². The normalized spacial score (nSPS) is 16.0. The maximum absolute atomic E-state index is 10.2. The number of rotatable bonds is 2. The lowest BCUT2D eigenvalue weighted by molar-refractivity contribution is -0.749. The zero-order valence-electron chi connectivity index (χ0n) is 13.9. The van der Waals surface area contributed by atoms with Gasteiger partial charge in [-0.05, 0) is 12.1 Å². The number of aliphatic hydroxyl groups excluding tert-OH is 1. The summed E-state index contributed by atoms with van der Waals surface area (Å²) in [7, 11) is 0. The molecule has 6 heteroatoms. The Kier molecular flexibility index (Phi) is 3.36. The molecule has 0 saturated heterocycles. The van der Waals surface area contributed by atoms with Crippen molar-refractivity contribution in [1.29, 1.82) is 0 Å². The smallest absolute Gasteiger partial charge is 0.295 e. The Morgan fingerprint density at radius 2 is 1.73 bits per heavy atom. The van der Waals surface area contributed by atoms with Gasteiger partial charge in [0.2, 0.25) is 17.5 Å². The SMILES string of the molecule is OC1CC=Nc2c3nc(-c4ccccc4)n(-c4ccccc4)c3nc[n+]21. The Balaban J connectivity index is 1.88. The van der Waals surface area contributed by atoms with Crippen molar-refractivity contribution in [3.05, 3.63) is 67.0 Å². The lowest BCUT2D eigenvalue weighted by atomic mass is 10.2. The van der Waals surface area contributed by atoms with E-state index in [0.29, 0.717) is 23.4 Å². The standard InChI is InChI=1S/C20H16N5O/c26-16-11-12-21-19-17-20(22-13-24(16)19)25(15-9-5-2-6-10-15)18(23-17)14-7-3-1-4-8-14/h1-10,12-13,16,26H,11H2/q+1. The molecule has 126 valence electrons. The first-order valence-corrected chi connectivity index (χ1v) is 8.47. The van der Waals surface area contributed by atoms with Crippen LogP contribution in [0, 0.1) is 0 Å². The predicted molar refractivity (Wildman–Crippen MR) is 98.5 cm³/mol. The molecule has 0 saturated carbocycles. The lowest BCUT2D eigenvalue weighted by Crippen LogP contribution is -2.42. The van der Waals surface area contributed by atoms with Crippen molar-refractivity contribution in [2.45, 2.75) is 12.6 Å². The number of aliphatic imine (C=N–C) groups is 1. The molecule has 1 unspecified atom stereocenters. The van der Waals surface area contributed by atoms with Gasteiger partial charge in [0.05, 0.1) is 18.3 Å². The van der Waals surface area contributed by atoms with Gasteiger partial charge >= 0.3 is 0 Å². The van der Waals surface area contributed by atoms with Gasteiger partial charge in [-0.25, -0.2) is 9.55 Å². The highest BCUT2D eigenvalue weighted by molar-refractivity contribution is 5.87. The van der Waals surface area contributed by atoms with Crippen molar-refractivity contribution < 1.29 is 9.67 Å². The Bertz CT molecular complexity index is 1120. The van der Waals surface area contributed by atoms with E-state index < -0.39 is 6.23 Å². The highest BCUT2D eigenvalue weighted by Crippen LogP contribution is 2.31. The van der Waals surface area contributed by atoms with Gasteiger partial charge in [0.25, 0.3) is 5.82 Å². The third-order valence-corrected chi connectivity index (χ3v) is 4.51. The average Bonchev–Trinajstić information content (AvgIpc) is 3.10. The fourth-order valence-electron chi connectivity index (χ4n) is 3.27. The van der Waals surface area contributed by atoms with Crippen LogP contribution < -0.4 is 4.57 Å². The van der Waals surface area contributed by atoms with Crippen molar-refractivity contribution in [3.63, 3.8) is 0 Å². The lowest BCUT2D eigenvalue weighted by Gasteiger charge is -2.11. The summed E-state index contributed by atoms with van der Waals surface area (Å²) in [5, 5.41) is 10.2. The van der Waals surface area contributed by atoms with E-state index in [0.717, 1.165) is 17.1 Å². The first-order chi connectivity index (χ1) is 12.8. The number of fused-ring (bicyclic) bond motifs is 3. The van der Waals surface area contributed by atoms with Crippen molar-refractivity contribution in [3.8, 4) is 17.1 Å². The summed E-state index contributed by atoms with van der Waals surface area (Å²) in [5.74, 6) is 1.42. The fourth-order valence-corrected chi connectivity index (χ4v) is 3.27. The highest BCUT2D eigenvalue weighted by Gasteiger charge is 2.28. The molecule has 1 aliphatic rings. The summed E-state index contributed by atoms with van der Waals surface area (Å²) < 4.78 is 3.70. The second-order valence-corrected chi connectivity index (χ2v) is 6.15. The average molecular weight is 342 g/mol. The minimum Gasteiger partial charge on any atom is -0.361 e. The summed E-state index contributed by atoms with van der Waals surface area (Å²) in [6, 6.07) is 20.0. The number of benzene rings is 2. The van der Waals surface area contributed by atoms with Crippen LogP contribution in [0.25, 0.3) is 28.2 Å². The molecule has 1 aliphatic heterocycles. The van der Waals surface area contributed by atoms with Crippen molar-refractivity contribution in [2.24, 2.45) is 4.99 Å². The van der Waals surface area contributed by atoms with Gasteiger partial charge in [0, 0.05) is 5.56 Å². The summed E-state index contributed by atoms with van der Waals surface area (Å²) in [6.45, 7) is 0. The Hall–Kier alpha value is -3.38. The molecule has 3 heterocycles. The predicted octanol–water partition coefficient (Wildman–Crippen LogP) is 2.97. The van der Waals surface area contributed by atoms with Crippen LogP contribution in [0.1, 0.15) is 12.6 Å². The molecule has 0 spiro atoms. The van der Waals surface area contributed by atoms with E-state index >= 15 is 0 Å². The van der Waals surface area contributed by atoms with Crippen molar-refractivity contribution >= 4 is 23.2 Å². The molecule has 2 aromatic carbocycles. The first-order valence-electron chi connectivity index (χ1n) is 8.47. The highest BCUT2D eigenvalue weighted by atomic mass is 16.3. The number of aromatic nitrogens is 4. The minimum absolute atomic E-state index is 0.468. The molecule has 1 atom stereocenters. The Morgan fingerprint density at radius 3 is 2.50 bits per heavy atom. The third kappa shape index (κ3) is 2.23. The van der Waals surface area contributed by atoms with Gasteiger partial charge in [0.15, 0.2) is 6.23 Å². The van der Waals surface area contributed by atoms with E-state index in [2.05, 4.69) is 9.98 Å². The summed E-state index contributed by atoms with van der Waals surface area (Å²) >= 11 is 0. The van der Waals surface area contributed by atoms with E-state index in [1.807, 2.05) is 65.2 Å². The first kappa shape index (κ1) is 14.9. The van der Waals surface area contributed by atoms with Gasteiger partial charge in [-0.3, -0.25) is 4.57 Å². The number of hydrogen-bond donors (Lipinski definition) is 1. The molecule has 2 aromatic heterocycles. The van der Waals surface area contributed by atoms with Gasteiger partial charge in [-0.2, -0.15) is 0 Å². The molecule has 4 aromatic rings. The van der Waals surface area contributed by atoms with Crippen molar-refractivity contribution in [2.75, 3.05) is 0 Å². The molecule has 0 radical (unpaired) electrons. The zero-order chi connectivity index (χ0) is 17.5. The van der Waals surface area contributed by atoms with Crippen LogP contribution in [-0.4, -0.2) is 25.9 Å². The van der Waals surface area contributed by atoms with Gasteiger partial charge < -0.3 is 5.11 Å². The molecular formula is C20H16N5O+. The van der Waals surface area contributed by atoms with Crippen LogP contribution in [0.5, 0.6) is 0 Å². The van der Waals surface area contributed by atoms with Crippen LogP contribution in [0.3, 0.4) is 0 Å². The second-order valence-electron chi connectivity index (χ2n) is 6.15. The molecule has 26 heavy (non-hydrogen) atoms. The van der Waals surface area contributed by atoms with Crippen LogP contribution in [0.15, 0.2) is 72.0 Å². The molecule has 0 aliphatic carbocycles.